The Hall–Kier alpha value is -3.33. The first-order chi connectivity index (χ1) is 12.8. The zero-order valence-electron chi connectivity index (χ0n) is 13.6. The standard InChI is InChI=1S/C17H12ClFN2O6/c18-13-6-3-11(7-14(13)21(25)26)17(24)20-8-16(23)27-9-15(22)10-1-4-12(19)5-2-10/h1-7H,8-9H2,(H,20,24). The first-order valence-corrected chi connectivity index (χ1v) is 7.82. The second kappa shape index (κ2) is 8.86. The monoisotopic (exact) mass is 394 g/mol. The van der Waals surface area contributed by atoms with E-state index in [2.05, 4.69) is 5.32 Å². The number of nitro benzene ring substituents is 1. The molecule has 0 unspecified atom stereocenters. The Morgan fingerprint density at radius 3 is 2.37 bits per heavy atom. The number of ether oxygens (including phenoxy) is 1. The number of amides is 1. The van der Waals surface area contributed by atoms with E-state index >= 15 is 0 Å². The number of ketones is 1. The molecule has 0 aliphatic heterocycles. The number of esters is 1. The number of rotatable bonds is 7. The van der Waals surface area contributed by atoms with Gasteiger partial charge in [-0.25, -0.2) is 4.39 Å². The van der Waals surface area contributed by atoms with Crippen molar-refractivity contribution < 1.29 is 28.4 Å². The summed E-state index contributed by atoms with van der Waals surface area (Å²) in [6.07, 6.45) is 0. The highest BCUT2D eigenvalue weighted by Gasteiger charge is 2.17. The summed E-state index contributed by atoms with van der Waals surface area (Å²) >= 11 is 5.65. The number of halogens is 2. The lowest BCUT2D eigenvalue weighted by molar-refractivity contribution is -0.384. The van der Waals surface area contributed by atoms with Gasteiger partial charge in [-0.15, -0.1) is 0 Å². The topological polar surface area (TPSA) is 116 Å². The molecule has 2 aromatic rings. The molecule has 10 heteroatoms. The minimum absolute atomic E-state index is 0.0683. The fourth-order valence-corrected chi connectivity index (χ4v) is 2.15. The van der Waals surface area contributed by atoms with Gasteiger partial charge in [0.15, 0.2) is 12.4 Å². The Labute approximate surface area is 157 Å². The minimum Gasteiger partial charge on any atom is -0.456 e. The van der Waals surface area contributed by atoms with E-state index in [9.17, 15) is 28.9 Å². The van der Waals surface area contributed by atoms with Gasteiger partial charge in [0, 0.05) is 17.2 Å². The second-order valence-corrected chi connectivity index (χ2v) is 5.60. The molecule has 8 nitrogen and oxygen atoms in total. The zero-order chi connectivity index (χ0) is 20.0. The minimum atomic E-state index is -0.887. The van der Waals surface area contributed by atoms with Crippen LogP contribution >= 0.6 is 11.6 Å². The highest BCUT2D eigenvalue weighted by molar-refractivity contribution is 6.32. The van der Waals surface area contributed by atoms with Crippen LogP contribution < -0.4 is 5.32 Å². The van der Waals surface area contributed by atoms with Gasteiger partial charge in [0.25, 0.3) is 11.6 Å². The van der Waals surface area contributed by atoms with E-state index in [1.54, 1.807) is 0 Å². The quantitative estimate of drug-likeness (QED) is 0.334. The molecule has 0 radical (unpaired) electrons. The van der Waals surface area contributed by atoms with Gasteiger partial charge < -0.3 is 10.1 Å². The molecular formula is C17H12ClFN2O6. The summed E-state index contributed by atoms with van der Waals surface area (Å²) in [6, 6.07) is 8.12. The number of carbonyl (C=O) groups is 3. The number of nitrogens with one attached hydrogen (secondary N) is 1. The first-order valence-electron chi connectivity index (χ1n) is 7.44. The van der Waals surface area contributed by atoms with E-state index < -0.39 is 47.2 Å². The number of nitrogens with zero attached hydrogens (tertiary/aromatic N) is 1. The molecule has 27 heavy (non-hydrogen) atoms. The van der Waals surface area contributed by atoms with Crippen molar-refractivity contribution in [3.63, 3.8) is 0 Å². The molecule has 1 amide bonds. The maximum absolute atomic E-state index is 12.8. The first kappa shape index (κ1) is 20.0. The molecule has 0 aliphatic carbocycles. The van der Waals surface area contributed by atoms with Gasteiger partial charge in [-0.05, 0) is 36.4 Å². The van der Waals surface area contributed by atoms with Gasteiger partial charge in [0.05, 0.1) is 4.92 Å². The molecular weight excluding hydrogens is 383 g/mol. The molecule has 0 aliphatic rings. The number of carbonyl (C=O) groups excluding carboxylic acids is 3. The average molecular weight is 395 g/mol. The summed E-state index contributed by atoms with van der Waals surface area (Å²) in [5.74, 6) is -2.68. The van der Waals surface area contributed by atoms with Crippen LogP contribution in [0, 0.1) is 15.9 Å². The fraction of sp³-hybridized carbons (Fsp3) is 0.118. The summed E-state index contributed by atoms with van der Waals surface area (Å²) in [6.45, 7) is -1.13. The van der Waals surface area contributed by atoms with E-state index in [1.165, 1.54) is 24.3 Å². The highest BCUT2D eigenvalue weighted by Crippen LogP contribution is 2.24. The van der Waals surface area contributed by atoms with Gasteiger partial charge in [-0.1, -0.05) is 11.6 Å². The number of hydrogen-bond acceptors (Lipinski definition) is 6. The van der Waals surface area contributed by atoms with Crippen molar-refractivity contribution in [1.29, 1.82) is 0 Å². The molecule has 0 bridgehead atoms. The van der Waals surface area contributed by atoms with Gasteiger partial charge in [-0.3, -0.25) is 24.5 Å². The summed E-state index contributed by atoms with van der Waals surface area (Å²) in [7, 11) is 0. The van der Waals surface area contributed by atoms with Crippen molar-refractivity contribution >= 4 is 34.9 Å². The fourth-order valence-electron chi connectivity index (χ4n) is 1.96. The smallest absolute Gasteiger partial charge is 0.325 e. The van der Waals surface area contributed by atoms with Gasteiger partial charge in [0.2, 0.25) is 0 Å². The zero-order valence-corrected chi connectivity index (χ0v) is 14.4. The molecule has 140 valence electrons. The van der Waals surface area contributed by atoms with Crippen molar-refractivity contribution in [3.8, 4) is 0 Å². The third-order valence-electron chi connectivity index (χ3n) is 3.33. The summed E-state index contributed by atoms with van der Waals surface area (Å²) in [5, 5.41) is 12.9. The number of nitro groups is 1. The normalized spacial score (nSPS) is 10.1. The van der Waals surface area contributed by atoms with Crippen LogP contribution in [0.25, 0.3) is 0 Å². The molecule has 0 fully saturated rings. The maximum Gasteiger partial charge on any atom is 0.325 e. The molecule has 1 N–H and O–H groups in total. The van der Waals surface area contributed by atoms with Crippen LogP contribution in [0.2, 0.25) is 5.02 Å². The average Bonchev–Trinajstić information content (AvgIpc) is 2.64. The van der Waals surface area contributed by atoms with Crippen molar-refractivity contribution in [2.75, 3.05) is 13.2 Å². The van der Waals surface area contributed by atoms with E-state index in [1.807, 2.05) is 0 Å². The Bertz CT molecular complexity index is 901. The van der Waals surface area contributed by atoms with Crippen molar-refractivity contribution in [1.82, 2.24) is 5.32 Å². The summed E-state index contributed by atoms with van der Waals surface area (Å²) in [4.78, 5) is 45.4. The third kappa shape index (κ3) is 5.58. The van der Waals surface area contributed by atoms with E-state index in [0.29, 0.717) is 0 Å². The van der Waals surface area contributed by atoms with Crippen molar-refractivity contribution in [2.24, 2.45) is 0 Å². The lowest BCUT2D eigenvalue weighted by atomic mass is 10.1. The van der Waals surface area contributed by atoms with Crippen molar-refractivity contribution in [2.45, 2.75) is 0 Å². The van der Waals surface area contributed by atoms with E-state index in [-0.39, 0.29) is 16.1 Å². The van der Waals surface area contributed by atoms with Crippen LogP contribution in [-0.4, -0.2) is 35.7 Å². The van der Waals surface area contributed by atoms with Gasteiger partial charge in [-0.2, -0.15) is 0 Å². The molecule has 0 aromatic heterocycles. The molecule has 0 spiro atoms. The molecule has 2 aromatic carbocycles. The SMILES string of the molecule is O=C(CNC(=O)c1ccc(Cl)c([N+](=O)[O-])c1)OCC(=O)c1ccc(F)cc1. The Balaban J connectivity index is 1.85. The number of hydrogen-bond donors (Lipinski definition) is 1. The Morgan fingerprint density at radius 2 is 1.74 bits per heavy atom. The Morgan fingerprint density at radius 1 is 1.11 bits per heavy atom. The van der Waals surface area contributed by atoms with Gasteiger partial charge in [0.1, 0.15) is 17.4 Å². The lowest BCUT2D eigenvalue weighted by Gasteiger charge is -2.07. The molecule has 2 rings (SSSR count). The summed E-state index contributed by atoms with van der Waals surface area (Å²) in [5.41, 5.74) is -0.347. The van der Waals surface area contributed by atoms with Crippen LogP contribution in [0.1, 0.15) is 20.7 Å². The lowest BCUT2D eigenvalue weighted by Crippen LogP contribution is -2.31. The van der Waals surface area contributed by atoms with E-state index in [4.69, 9.17) is 16.3 Å². The van der Waals surface area contributed by atoms with Gasteiger partial charge >= 0.3 is 5.97 Å². The molecule has 0 saturated carbocycles. The van der Waals surface area contributed by atoms with E-state index in [0.717, 1.165) is 18.2 Å². The molecule has 0 atom stereocenters. The van der Waals surface area contributed by atoms with Crippen LogP contribution in [0.4, 0.5) is 10.1 Å². The highest BCUT2D eigenvalue weighted by atomic mass is 35.5. The predicted octanol–water partition coefficient (Wildman–Crippen LogP) is 2.54. The predicted molar refractivity (Wildman–Crippen MR) is 92.1 cm³/mol. The van der Waals surface area contributed by atoms with Crippen LogP contribution in [0.15, 0.2) is 42.5 Å². The molecule has 0 heterocycles. The van der Waals surface area contributed by atoms with Crippen molar-refractivity contribution in [3.05, 3.63) is 74.5 Å². The number of Topliss-reactive ketones (excluding diaryl/α,β-unsaturated/α-hetero) is 1. The molecule has 0 saturated heterocycles. The van der Waals surface area contributed by atoms with Crippen LogP contribution in [0.5, 0.6) is 0 Å². The van der Waals surface area contributed by atoms with Crippen LogP contribution in [-0.2, 0) is 9.53 Å². The number of benzene rings is 2. The third-order valence-corrected chi connectivity index (χ3v) is 3.65. The Kier molecular flexibility index (Phi) is 6.56. The summed E-state index contributed by atoms with van der Waals surface area (Å²) < 4.78 is 17.5. The maximum atomic E-state index is 12.8. The largest absolute Gasteiger partial charge is 0.456 e. The second-order valence-electron chi connectivity index (χ2n) is 5.20. The van der Waals surface area contributed by atoms with Crippen LogP contribution in [0.3, 0.4) is 0 Å².